The number of ether oxygens (including phenoxy) is 1. The second-order valence-electron chi connectivity index (χ2n) is 6.62. The highest BCUT2D eigenvalue weighted by molar-refractivity contribution is 5.81. The second kappa shape index (κ2) is 6.86. The van der Waals surface area contributed by atoms with Crippen LogP contribution < -0.4 is 4.74 Å². The van der Waals surface area contributed by atoms with Crippen LogP contribution in [0.5, 0.6) is 5.75 Å². The van der Waals surface area contributed by atoms with Gasteiger partial charge in [0.05, 0.1) is 11.7 Å². The Morgan fingerprint density at radius 3 is 2.80 bits per heavy atom. The zero-order valence-corrected chi connectivity index (χ0v) is 15.1. The van der Waals surface area contributed by atoms with Crippen LogP contribution in [0.3, 0.4) is 0 Å². The van der Waals surface area contributed by atoms with E-state index in [0.29, 0.717) is 12.3 Å². The predicted molar refractivity (Wildman–Crippen MR) is 92.9 cm³/mol. The molecule has 2 atom stereocenters. The van der Waals surface area contributed by atoms with Crippen molar-refractivity contribution in [2.75, 3.05) is 6.54 Å². The van der Waals surface area contributed by atoms with Gasteiger partial charge in [-0.2, -0.15) is 5.10 Å². The molecule has 0 aliphatic carbocycles. The first kappa shape index (κ1) is 17.5. The van der Waals surface area contributed by atoms with E-state index in [9.17, 15) is 9.18 Å². The lowest BCUT2D eigenvalue weighted by atomic mass is 10.0. The van der Waals surface area contributed by atoms with Gasteiger partial charge in [-0.3, -0.25) is 9.48 Å². The van der Waals surface area contributed by atoms with E-state index in [-0.39, 0.29) is 17.8 Å². The van der Waals surface area contributed by atoms with Gasteiger partial charge in [-0.25, -0.2) is 4.39 Å². The molecule has 6 heteroatoms. The minimum Gasteiger partial charge on any atom is -0.481 e. The maximum absolute atomic E-state index is 13.3. The number of hydrogen-bond acceptors (Lipinski definition) is 3. The van der Waals surface area contributed by atoms with E-state index in [0.717, 1.165) is 29.8 Å². The number of likely N-dealkylation sites (tertiary alicyclic amines) is 1. The van der Waals surface area contributed by atoms with E-state index in [2.05, 4.69) is 5.10 Å². The van der Waals surface area contributed by atoms with Crippen LogP contribution in [0, 0.1) is 19.7 Å². The molecular formula is C19H24FN3O2. The van der Waals surface area contributed by atoms with Gasteiger partial charge < -0.3 is 9.64 Å². The fraction of sp³-hybridized carbons (Fsp3) is 0.474. The molecular weight excluding hydrogens is 321 g/mol. The third kappa shape index (κ3) is 3.38. The summed E-state index contributed by atoms with van der Waals surface area (Å²) in [4.78, 5) is 14.8. The normalized spacial score (nSPS) is 18.4. The van der Waals surface area contributed by atoms with E-state index in [1.54, 1.807) is 19.1 Å². The van der Waals surface area contributed by atoms with Crippen LogP contribution in [-0.4, -0.2) is 33.2 Å². The lowest BCUT2D eigenvalue weighted by molar-refractivity contribution is -0.139. The van der Waals surface area contributed by atoms with E-state index in [1.807, 2.05) is 30.5 Å². The van der Waals surface area contributed by atoms with E-state index in [1.165, 1.54) is 12.1 Å². The number of aryl methyl sites for hydroxylation is 2. The smallest absolute Gasteiger partial charge is 0.263 e. The Hall–Kier alpha value is -2.37. The molecule has 134 valence electrons. The SMILES string of the molecule is Cc1nn(C)c(C)c1[C@H]1CCCN1C(=O)[C@H](C)Oc1cccc(F)c1. The fourth-order valence-electron chi connectivity index (χ4n) is 3.63. The van der Waals surface area contributed by atoms with Crippen molar-refractivity contribution in [3.8, 4) is 5.75 Å². The van der Waals surface area contributed by atoms with Crippen molar-refractivity contribution in [3.05, 3.63) is 47.0 Å². The molecule has 0 spiro atoms. The van der Waals surface area contributed by atoms with Gasteiger partial charge in [0.15, 0.2) is 6.10 Å². The summed E-state index contributed by atoms with van der Waals surface area (Å²) in [5.74, 6) is -0.0856. The van der Waals surface area contributed by atoms with E-state index >= 15 is 0 Å². The zero-order valence-electron chi connectivity index (χ0n) is 15.1. The number of carbonyl (C=O) groups is 1. The lowest BCUT2D eigenvalue weighted by Crippen LogP contribution is -2.40. The Labute approximate surface area is 147 Å². The zero-order chi connectivity index (χ0) is 18.1. The number of benzene rings is 1. The van der Waals surface area contributed by atoms with Gasteiger partial charge in [0.1, 0.15) is 11.6 Å². The van der Waals surface area contributed by atoms with E-state index in [4.69, 9.17) is 4.74 Å². The molecule has 1 aromatic heterocycles. The van der Waals surface area contributed by atoms with Crippen molar-refractivity contribution in [1.29, 1.82) is 0 Å². The maximum Gasteiger partial charge on any atom is 0.263 e. The molecule has 2 aromatic rings. The fourth-order valence-corrected chi connectivity index (χ4v) is 3.63. The Balaban J connectivity index is 1.78. The van der Waals surface area contributed by atoms with Gasteiger partial charge in [0.2, 0.25) is 0 Å². The summed E-state index contributed by atoms with van der Waals surface area (Å²) >= 11 is 0. The average Bonchev–Trinajstić information content (AvgIpc) is 3.11. The summed E-state index contributed by atoms with van der Waals surface area (Å²) in [7, 11) is 1.92. The molecule has 1 aliphatic heterocycles. The van der Waals surface area contributed by atoms with Gasteiger partial charge in [0.25, 0.3) is 5.91 Å². The highest BCUT2D eigenvalue weighted by Gasteiger charge is 2.35. The van der Waals surface area contributed by atoms with Crippen LogP contribution in [0.25, 0.3) is 0 Å². The molecule has 1 aromatic carbocycles. The largest absolute Gasteiger partial charge is 0.481 e. The van der Waals surface area contributed by atoms with Gasteiger partial charge in [-0.15, -0.1) is 0 Å². The Morgan fingerprint density at radius 2 is 2.16 bits per heavy atom. The van der Waals surface area contributed by atoms with Gasteiger partial charge in [-0.1, -0.05) is 6.07 Å². The van der Waals surface area contributed by atoms with Gasteiger partial charge in [-0.05, 0) is 45.7 Å². The molecule has 5 nitrogen and oxygen atoms in total. The first-order valence-corrected chi connectivity index (χ1v) is 8.61. The Morgan fingerprint density at radius 1 is 1.40 bits per heavy atom. The van der Waals surface area contributed by atoms with Gasteiger partial charge >= 0.3 is 0 Å². The van der Waals surface area contributed by atoms with Crippen LogP contribution in [0.1, 0.15) is 42.8 Å². The average molecular weight is 345 g/mol. The summed E-state index contributed by atoms with van der Waals surface area (Å²) in [6, 6.07) is 5.90. The molecule has 0 N–H and O–H groups in total. The molecule has 3 rings (SSSR count). The number of hydrogen-bond donors (Lipinski definition) is 0. The van der Waals surface area contributed by atoms with E-state index < -0.39 is 6.10 Å². The molecule has 1 aliphatic rings. The summed E-state index contributed by atoms with van der Waals surface area (Å²) in [6.07, 6.45) is 1.21. The number of amides is 1. The third-order valence-electron chi connectivity index (χ3n) is 4.89. The number of carbonyl (C=O) groups excluding carboxylic acids is 1. The lowest BCUT2D eigenvalue weighted by Gasteiger charge is -2.28. The van der Waals surface area contributed by atoms with Crippen LogP contribution in [0.4, 0.5) is 4.39 Å². The van der Waals surface area contributed by atoms with Crippen molar-refractivity contribution in [3.63, 3.8) is 0 Å². The van der Waals surface area contributed by atoms with Crippen LogP contribution >= 0.6 is 0 Å². The predicted octanol–water partition coefficient (Wildman–Crippen LogP) is 3.31. The number of aromatic nitrogens is 2. The molecule has 0 saturated carbocycles. The molecule has 0 radical (unpaired) electrons. The maximum atomic E-state index is 13.3. The third-order valence-corrected chi connectivity index (χ3v) is 4.89. The molecule has 0 bridgehead atoms. The van der Waals surface area contributed by atoms with Crippen LogP contribution in [0.15, 0.2) is 24.3 Å². The van der Waals surface area contributed by atoms with Gasteiger partial charge in [0, 0.05) is 30.9 Å². The van der Waals surface area contributed by atoms with Crippen molar-refractivity contribution < 1.29 is 13.9 Å². The minimum absolute atomic E-state index is 0.0276. The highest BCUT2D eigenvalue weighted by Crippen LogP contribution is 2.36. The van der Waals surface area contributed by atoms with Crippen molar-refractivity contribution >= 4 is 5.91 Å². The Bertz CT molecular complexity index is 787. The number of nitrogens with zero attached hydrogens (tertiary/aromatic N) is 3. The first-order chi connectivity index (χ1) is 11.9. The summed E-state index contributed by atoms with van der Waals surface area (Å²) < 4.78 is 20.8. The van der Waals surface area contributed by atoms with Crippen LogP contribution in [-0.2, 0) is 11.8 Å². The molecule has 1 saturated heterocycles. The number of rotatable bonds is 4. The minimum atomic E-state index is -0.667. The topological polar surface area (TPSA) is 47.4 Å². The number of halogens is 1. The van der Waals surface area contributed by atoms with Crippen molar-refractivity contribution in [1.82, 2.24) is 14.7 Å². The summed E-state index contributed by atoms with van der Waals surface area (Å²) in [5, 5.41) is 4.48. The van der Waals surface area contributed by atoms with Crippen molar-refractivity contribution in [2.45, 2.75) is 45.8 Å². The summed E-state index contributed by atoms with van der Waals surface area (Å²) in [5.41, 5.74) is 3.18. The molecule has 1 fully saturated rings. The first-order valence-electron chi connectivity index (χ1n) is 8.61. The van der Waals surface area contributed by atoms with Crippen LogP contribution in [0.2, 0.25) is 0 Å². The molecule has 25 heavy (non-hydrogen) atoms. The standard InChI is InChI=1S/C19H24FN3O2/c1-12-18(13(2)22(4)21-12)17-9-6-10-23(17)19(24)14(3)25-16-8-5-7-15(20)11-16/h5,7-8,11,14,17H,6,9-10H2,1-4H3/t14-,17+/m0/s1. The molecule has 2 heterocycles. The molecule has 1 amide bonds. The molecule has 0 unspecified atom stereocenters. The second-order valence-corrected chi connectivity index (χ2v) is 6.62. The van der Waals surface area contributed by atoms with Crippen molar-refractivity contribution in [2.24, 2.45) is 7.05 Å². The Kier molecular flexibility index (Phi) is 4.79. The summed E-state index contributed by atoms with van der Waals surface area (Å²) in [6.45, 7) is 6.43. The quantitative estimate of drug-likeness (QED) is 0.854. The monoisotopic (exact) mass is 345 g/mol. The highest BCUT2D eigenvalue weighted by atomic mass is 19.1.